The molecule has 1 aromatic heterocycles. The summed E-state index contributed by atoms with van der Waals surface area (Å²) in [7, 11) is 1.41. The highest BCUT2D eigenvalue weighted by molar-refractivity contribution is 5.69. The smallest absolute Gasteiger partial charge is 0.409 e. The van der Waals surface area contributed by atoms with Crippen LogP contribution in [-0.4, -0.2) is 53.9 Å². The fraction of sp³-hybridized carbons (Fsp3) is 0.682. The summed E-state index contributed by atoms with van der Waals surface area (Å²) in [5.74, 6) is 1.35. The Morgan fingerprint density at radius 3 is 2.59 bits per heavy atom. The molecule has 7 heteroatoms. The van der Waals surface area contributed by atoms with Gasteiger partial charge in [0.15, 0.2) is 0 Å². The van der Waals surface area contributed by atoms with Crippen molar-refractivity contribution < 1.29 is 14.6 Å². The third kappa shape index (κ3) is 4.18. The van der Waals surface area contributed by atoms with Crippen molar-refractivity contribution in [3.8, 4) is 6.07 Å². The predicted octanol–water partition coefficient (Wildman–Crippen LogP) is 3.19. The summed E-state index contributed by atoms with van der Waals surface area (Å²) >= 11 is 0. The van der Waals surface area contributed by atoms with E-state index in [4.69, 9.17) is 9.72 Å². The second-order valence-corrected chi connectivity index (χ2v) is 8.37. The van der Waals surface area contributed by atoms with E-state index in [0.29, 0.717) is 36.9 Å². The van der Waals surface area contributed by atoms with Crippen LogP contribution in [0.25, 0.3) is 0 Å². The molecule has 2 aliphatic rings. The number of aliphatic hydroxyl groups excluding tert-OH is 1. The Morgan fingerprint density at radius 1 is 1.34 bits per heavy atom. The molecule has 1 aromatic rings. The molecular weight excluding hydrogens is 368 g/mol. The number of rotatable bonds is 6. The third-order valence-corrected chi connectivity index (χ3v) is 6.06. The zero-order valence-corrected chi connectivity index (χ0v) is 17.9. The minimum Gasteiger partial charge on any atom is -0.453 e. The van der Waals surface area contributed by atoms with Gasteiger partial charge in [0.2, 0.25) is 0 Å². The van der Waals surface area contributed by atoms with Crippen molar-refractivity contribution in [2.24, 2.45) is 5.92 Å². The zero-order valence-electron chi connectivity index (χ0n) is 17.9. The van der Waals surface area contributed by atoms with Crippen LogP contribution >= 0.6 is 0 Å². The van der Waals surface area contributed by atoms with E-state index in [2.05, 4.69) is 31.7 Å². The van der Waals surface area contributed by atoms with Gasteiger partial charge in [-0.2, -0.15) is 5.26 Å². The first-order valence-corrected chi connectivity index (χ1v) is 10.6. The molecule has 7 nitrogen and oxygen atoms in total. The molecule has 1 saturated heterocycles. The van der Waals surface area contributed by atoms with Crippen molar-refractivity contribution in [2.75, 3.05) is 31.6 Å². The van der Waals surface area contributed by atoms with Crippen molar-refractivity contribution in [3.05, 3.63) is 22.4 Å². The van der Waals surface area contributed by atoms with E-state index >= 15 is 0 Å². The molecule has 0 aromatic carbocycles. The van der Waals surface area contributed by atoms with Crippen LogP contribution in [-0.2, 0) is 17.8 Å². The van der Waals surface area contributed by atoms with Gasteiger partial charge >= 0.3 is 6.09 Å². The molecule has 1 N–H and O–H groups in total. The summed E-state index contributed by atoms with van der Waals surface area (Å²) in [4.78, 5) is 21.1. The number of carbonyl (C=O) groups is 1. The standard InChI is InChI=1S/C22H32N4O3/c1-5-6-16-17(11-23)21(24-20(15-7-8-15)18(16)13-27)25-9-10-26(22(28)29-4)19(12-25)14(2)3/h14-15,19,27H,5-10,12-13H2,1-4H3/t19-/m0/s1. The lowest BCUT2D eigenvalue weighted by molar-refractivity contribution is 0.0862. The van der Waals surface area contributed by atoms with E-state index in [-0.39, 0.29) is 24.7 Å². The fourth-order valence-corrected chi connectivity index (χ4v) is 4.34. The number of carbonyl (C=O) groups excluding carboxylic acids is 1. The molecule has 1 atom stereocenters. The molecular formula is C22H32N4O3. The molecule has 1 amide bonds. The van der Waals surface area contributed by atoms with Crippen molar-refractivity contribution in [1.29, 1.82) is 5.26 Å². The normalized spacial score (nSPS) is 19.4. The number of methoxy groups -OCH3 is 1. The van der Waals surface area contributed by atoms with Crippen molar-refractivity contribution in [3.63, 3.8) is 0 Å². The number of pyridine rings is 1. The van der Waals surface area contributed by atoms with Gasteiger partial charge in [0, 0.05) is 31.1 Å². The maximum atomic E-state index is 12.2. The Bertz CT molecular complexity index is 798. The molecule has 0 unspecified atom stereocenters. The summed E-state index contributed by atoms with van der Waals surface area (Å²) < 4.78 is 4.97. The van der Waals surface area contributed by atoms with Gasteiger partial charge in [-0.05, 0) is 30.7 Å². The molecule has 2 heterocycles. The second-order valence-electron chi connectivity index (χ2n) is 8.37. The van der Waals surface area contributed by atoms with E-state index in [1.54, 1.807) is 4.90 Å². The molecule has 0 bridgehead atoms. The highest BCUT2D eigenvalue weighted by Gasteiger charge is 2.36. The monoisotopic (exact) mass is 400 g/mol. The van der Waals surface area contributed by atoms with E-state index in [1.807, 2.05) is 0 Å². The van der Waals surface area contributed by atoms with Crippen LogP contribution in [0.2, 0.25) is 0 Å². The molecule has 1 saturated carbocycles. The van der Waals surface area contributed by atoms with Gasteiger partial charge in [-0.3, -0.25) is 0 Å². The van der Waals surface area contributed by atoms with Crippen molar-refractivity contribution >= 4 is 11.9 Å². The zero-order chi connectivity index (χ0) is 21.1. The molecule has 3 rings (SSSR count). The number of anilines is 1. The van der Waals surface area contributed by atoms with Crippen molar-refractivity contribution in [2.45, 2.75) is 65.0 Å². The molecule has 1 aliphatic heterocycles. The average molecular weight is 401 g/mol. The second kappa shape index (κ2) is 9.00. The van der Waals surface area contributed by atoms with E-state index in [1.165, 1.54) is 7.11 Å². The van der Waals surface area contributed by atoms with E-state index in [0.717, 1.165) is 42.5 Å². The van der Waals surface area contributed by atoms with Crippen LogP contribution in [0.5, 0.6) is 0 Å². The number of hydrogen-bond acceptors (Lipinski definition) is 6. The lowest BCUT2D eigenvalue weighted by atomic mass is 9.94. The molecule has 0 radical (unpaired) electrons. The third-order valence-electron chi connectivity index (χ3n) is 6.06. The number of ether oxygens (including phenoxy) is 1. The number of amides is 1. The summed E-state index contributed by atoms with van der Waals surface area (Å²) in [6.07, 6.45) is 3.52. The Balaban J connectivity index is 2.04. The van der Waals surface area contributed by atoms with Crippen LogP contribution in [0, 0.1) is 17.2 Å². The van der Waals surface area contributed by atoms with Crippen LogP contribution in [0.3, 0.4) is 0 Å². The minimum atomic E-state index is -0.308. The number of nitrogens with zero attached hydrogens (tertiary/aromatic N) is 4. The summed E-state index contributed by atoms with van der Waals surface area (Å²) in [5.41, 5.74) is 3.33. The lowest BCUT2D eigenvalue weighted by Gasteiger charge is -2.43. The lowest BCUT2D eigenvalue weighted by Crippen LogP contribution is -2.57. The Morgan fingerprint density at radius 2 is 2.07 bits per heavy atom. The molecule has 0 spiro atoms. The highest BCUT2D eigenvalue weighted by atomic mass is 16.5. The summed E-state index contributed by atoms with van der Waals surface area (Å²) in [6.45, 7) is 7.95. The Hall–Kier alpha value is -2.33. The molecule has 158 valence electrons. The Kier molecular flexibility index (Phi) is 6.63. The maximum absolute atomic E-state index is 12.2. The van der Waals surface area contributed by atoms with E-state index in [9.17, 15) is 15.2 Å². The fourth-order valence-electron chi connectivity index (χ4n) is 4.34. The van der Waals surface area contributed by atoms with Crippen LogP contribution in [0.15, 0.2) is 0 Å². The number of aliphatic hydroxyl groups is 1. The quantitative estimate of drug-likeness (QED) is 0.789. The summed E-state index contributed by atoms with van der Waals surface area (Å²) in [6, 6.07) is 2.36. The average Bonchev–Trinajstić information content (AvgIpc) is 3.57. The molecule has 29 heavy (non-hydrogen) atoms. The van der Waals surface area contributed by atoms with E-state index < -0.39 is 0 Å². The van der Waals surface area contributed by atoms with Gasteiger partial charge in [0.05, 0.1) is 31.0 Å². The first-order chi connectivity index (χ1) is 14.0. The number of aromatic nitrogens is 1. The first kappa shape index (κ1) is 21.4. The number of piperazine rings is 1. The van der Waals surface area contributed by atoms with Gasteiger partial charge in [0.25, 0.3) is 0 Å². The maximum Gasteiger partial charge on any atom is 0.409 e. The van der Waals surface area contributed by atoms with Gasteiger partial charge in [-0.1, -0.05) is 27.2 Å². The molecule has 1 aliphatic carbocycles. The van der Waals surface area contributed by atoms with Gasteiger partial charge in [-0.15, -0.1) is 0 Å². The largest absolute Gasteiger partial charge is 0.453 e. The first-order valence-electron chi connectivity index (χ1n) is 10.6. The molecule has 2 fully saturated rings. The number of nitriles is 1. The van der Waals surface area contributed by atoms with Gasteiger partial charge in [-0.25, -0.2) is 9.78 Å². The van der Waals surface area contributed by atoms with Crippen LogP contribution in [0.4, 0.5) is 10.6 Å². The van der Waals surface area contributed by atoms with Gasteiger partial charge in [0.1, 0.15) is 11.9 Å². The SMILES string of the molecule is CCCc1c(C#N)c(N2CCN(C(=O)OC)[C@H](C(C)C)C2)nc(C2CC2)c1CO. The topological polar surface area (TPSA) is 89.7 Å². The highest BCUT2D eigenvalue weighted by Crippen LogP contribution is 2.43. The predicted molar refractivity (Wildman–Crippen MR) is 111 cm³/mol. The van der Waals surface area contributed by atoms with Crippen LogP contribution in [0.1, 0.15) is 68.3 Å². The van der Waals surface area contributed by atoms with Crippen molar-refractivity contribution in [1.82, 2.24) is 9.88 Å². The Labute approximate surface area is 173 Å². The summed E-state index contributed by atoms with van der Waals surface area (Å²) in [5, 5.41) is 20.0. The van der Waals surface area contributed by atoms with Crippen LogP contribution < -0.4 is 4.90 Å². The number of hydrogen-bond donors (Lipinski definition) is 1. The van der Waals surface area contributed by atoms with Gasteiger partial charge < -0.3 is 19.6 Å². The minimum absolute atomic E-state index is 0.0129.